The topological polar surface area (TPSA) is 12.0 Å². The summed E-state index contributed by atoms with van der Waals surface area (Å²) in [7, 11) is 0. The van der Waals surface area contributed by atoms with Crippen molar-refractivity contribution in [2.45, 2.75) is 59.0 Å². The van der Waals surface area contributed by atoms with Crippen LogP contribution in [0.4, 0.5) is 0 Å². The Kier molecular flexibility index (Phi) is 5.81. The second-order valence-electron chi connectivity index (χ2n) is 6.72. The van der Waals surface area contributed by atoms with Gasteiger partial charge in [-0.2, -0.15) is 0 Å². The zero-order valence-electron chi connectivity index (χ0n) is 13.9. The van der Waals surface area contributed by atoms with Gasteiger partial charge in [-0.05, 0) is 48.6 Å². The molecule has 21 heavy (non-hydrogen) atoms. The number of hydrogen-bond acceptors (Lipinski definition) is 1. The summed E-state index contributed by atoms with van der Waals surface area (Å²) in [5.74, 6) is 0.815. The third-order valence-corrected chi connectivity index (χ3v) is 4.23. The number of benzene rings is 2. The van der Waals surface area contributed by atoms with E-state index in [1.165, 1.54) is 35.6 Å². The fourth-order valence-corrected chi connectivity index (χ4v) is 2.92. The van der Waals surface area contributed by atoms with Crippen molar-refractivity contribution in [1.82, 2.24) is 5.32 Å². The summed E-state index contributed by atoms with van der Waals surface area (Å²) in [5, 5.41) is 6.38. The lowest BCUT2D eigenvalue weighted by Gasteiger charge is -2.21. The fourth-order valence-electron chi connectivity index (χ4n) is 2.92. The molecule has 0 bridgehead atoms. The number of rotatable bonds is 7. The van der Waals surface area contributed by atoms with Crippen molar-refractivity contribution in [3.8, 4) is 0 Å². The summed E-state index contributed by atoms with van der Waals surface area (Å²) >= 11 is 0. The molecule has 2 aromatic rings. The van der Waals surface area contributed by atoms with Gasteiger partial charge >= 0.3 is 0 Å². The lowest BCUT2D eigenvalue weighted by molar-refractivity contribution is 0.424. The minimum absolute atomic E-state index is 0.406. The third-order valence-electron chi connectivity index (χ3n) is 4.23. The third kappa shape index (κ3) is 4.86. The molecule has 0 fully saturated rings. The van der Waals surface area contributed by atoms with Crippen molar-refractivity contribution in [3.63, 3.8) is 0 Å². The van der Waals surface area contributed by atoms with E-state index in [-0.39, 0.29) is 0 Å². The van der Waals surface area contributed by atoms with Crippen LogP contribution >= 0.6 is 0 Å². The van der Waals surface area contributed by atoms with Gasteiger partial charge in [0.1, 0.15) is 0 Å². The predicted octanol–water partition coefficient (Wildman–Crippen LogP) is 5.71. The van der Waals surface area contributed by atoms with E-state index >= 15 is 0 Å². The highest BCUT2D eigenvalue weighted by Crippen LogP contribution is 2.21. The second-order valence-corrected chi connectivity index (χ2v) is 6.72. The van der Waals surface area contributed by atoms with E-state index < -0.39 is 0 Å². The van der Waals surface area contributed by atoms with E-state index in [4.69, 9.17) is 0 Å². The molecule has 0 saturated heterocycles. The van der Waals surface area contributed by atoms with Gasteiger partial charge in [-0.3, -0.25) is 0 Å². The number of fused-ring (bicyclic) bond motifs is 1. The van der Waals surface area contributed by atoms with Crippen LogP contribution < -0.4 is 5.32 Å². The van der Waals surface area contributed by atoms with Crippen LogP contribution in [-0.2, 0) is 0 Å². The van der Waals surface area contributed by atoms with Crippen LogP contribution in [0.1, 0.15) is 58.6 Å². The van der Waals surface area contributed by atoms with Crippen molar-refractivity contribution < 1.29 is 0 Å². The zero-order valence-corrected chi connectivity index (χ0v) is 13.9. The molecule has 1 nitrogen and oxygen atoms in total. The Morgan fingerprint density at radius 3 is 2.29 bits per heavy atom. The molecule has 2 aromatic carbocycles. The van der Waals surface area contributed by atoms with E-state index in [1.807, 2.05) is 0 Å². The Hall–Kier alpha value is -1.34. The quantitative estimate of drug-likeness (QED) is 0.686. The first-order chi connectivity index (χ1) is 10.1. The lowest BCUT2D eigenvalue weighted by atomic mass is 10.0. The average molecular weight is 283 g/mol. The first-order valence-electron chi connectivity index (χ1n) is 8.31. The van der Waals surface area contributed by atoms with Gasteiger partial charge in [0, 0.05) is 12.1 Å². The van der Waals surface area contributed by atoms with Crippen molar-refractivity contribution in [1.29, 1.82) is 0 Å². The molecule has 0 saturated carbocycles. The van der Waals surface area contributed by atoms with E-state index in [0.29, 0.717) is 12.1 Å². The van der Waals surface area contributed by atoms with Crippen LogP contribution in [0.5, 0.6) is 0 Å². The van der Waals surface area contributed by atoms with Gasteiger partial charge in [0.2, 0.25) is 0 Å². The van der Waals surface area contributed by atoms with Gasteiger partial charge in [-0.25, -0.2) is 0 Å². The monoisotopic (exact) mass is 283 g/mol. The molecular formula is C20H29N. The van der Waals surface area contributed by atoms with Crippen molar-refractivity contribution in [2.75, 3.05) is 0 Å². The molecular weight excluding hydrogens is 254 g/mol. The molecule has 0 amide bonds. The number of hydrogen-bond donors (Lipinski definition) is 1. The molecule has 2 unspecified atom stereocenters. The first kappa shape index (κ1) is 16.0. The SMILES string of the molecule is CC(C)CCCC(C)NC(C)c1ccc2ccccc2c1. The molecule has 2 rings (SSSR count). The summed E-state index contributed by atoms with van der Waals surface area (Å²) < 4.78 is 0. The smallest absolute Gasteiger partial charge is 0.0294 e. The van der Waals surface area contributed by atoms with Gasteiger partial charge in [-0.1, -0.05) is 63.1 Å². The molecule has 2 atom stereocenters. The molecule has 114 valence electrons. The van der Waals surface area contributed by atoms with Crippen molar-refractivity contribution in [3.05, 3.63) is 48.0 Å². The van der Waals surface area contributed by atoms with Crippen LogP contribution in [0.25, 0.3) is 10.8 Å². The molecule has 0 aliphatic heterocycles. The Balaban J connectivity index is 1.93. The first-order valence-corrected chi connectivity index (χ1v) is 8.31. The van der Waals surface area contributed by atoms with Crippen LogP contribution in [-0.4, -0.2) is 6.04 Å². The molecule has 1 N–H and O–H groups in total. The zero-order chi connectivity index (χ0) is 15.2. The minimum Gasteiger partial charge on any atom is -0.308 e. The molecule has 0 spiro atoms. The Bertz CT molecular complexity index is 559. The summed E-state index contributed by atoms with van der Waals surface area (Å²) in [4.78, 5) is 0. The molecule has 1 heteroatoms. The maximum atomic E-state index is 3.73. The average Bonchev–Trinajstić information content (AvgIpc) is 2.46. The highest BCUT2D eigenvalue weighted by atomic mass is 14.9. The van der Waals surface area contributed by atoms with Crippen molar-refractivity contribution >= 4 is 10.8 Å². The summed E-state index contributed by atoms with van der Waals surface area (Å²) in [6.07, 6.45) is 3.91. The summed E-state index contributed by atoms with van der Waals surface area (Å²) in [6, 6.07) is 16.3. The molecule has 0 aliphatic rings. The Morgan fingerprint density at radius 2 is 1.57 bits per heavy atom. The van der Waals surface area contributed by atoms with E-state index in [2.05, 4.69) is 75.5 Å². The van der Waals surface area contributed by atoms with Crippen molar-refractivity contribution in [2.24, 2.45) is 5.92 Å². The summed E-state index contributed by atoms with van der Waals surface area (Å²) in [5.41, 5.74) is 1.38. The van der Waals surface area contributed by atoms with Crippen LogP contribution in [0.3, 0.4) is 0 Å². The predicted molar refractivity (Wildman–Crippen MR) is 93.6 cm³/mol. The van der Waals surface area contributed by atoms with Gasteiger partial charge in [0.15, 0.2) is 0 Å². The Morgan fingerprint density at radius 1 is 0.857 bits per heavy atom. The van der Waals surface area contributed by atoms with Gasteiger partial charge in [-0.15, -0.1) is 0 Å². The van der Waals surface area contributed by atoms with Gasteiger partial charge in [0.05, 0.1) is 0 Å². The highest BCUT2D eigenvalue weighted by Gasteiger charge is 2.10. The second kappa shape index (κ2) is 7.61. The summed E-state index contributed by atoms with van der Waals surface area (Å²) in [6.45, 7) is 9.17. The maximum absolute atomic E-state index is 3.73. The molecule has 0 aromatic heterocycles. The maximum Gasteiger partial charge on any atom is 0.0294 e. The van der Waals surface area contributed by atoms with Gasteiger partial charge < -0.3 is 5.32 Å². The standard InChI is InChI=1S/C20H29N/c1-15(2)8-7-9-16(3)21-17(4)19-13-12-18-10-5-6-11-20(18)14-19/h5-6,10-17,21H,7-9H2,1-4H3. The highest BCUT2D eigenvalue weighted by molar-refractivity contribution is 5.83. The largest absolute Gasteiger partial charge is 0.308 e. The fraction of sp³-hybridized carbons (Fsp3) is 0.500. The molecule has 0 radical (unpaired) electrons. The van der Waals surface area contributed by atoms with E-state index in [1.54, 1.807) is 0 Å². The molecule has 0 aliphatic carbocycles. The van der Waals surface area contributed by atoms with E-state index in [9.17, 15) is 0 Å². The van der Waals surface area contributed by atoms with Crippen LogP contribution in [0, 0.1) is 5.92 Å². The van der Waals surface area contributed by atoms with Gasteiger partial charge in [0.25, 0.3) is 0 Å². The van der Waals surface area contributed by atoms with E-state index in [0.717, 1.165) is 5.92 Å². The Labute approximate surface area is 129 Å². The normalized spacial score (nSPS) is 14.5. The lowest BCUT2D eigenvalue weighted by Crippen LogP contribution is -2.28. The van der Waals surface area contributed by atoms with Crippen LogP contribution in [0.15, 0.2) is 42.5 Å². The minimum atomic E-state index is 0.406. The molecule has 0 heterocycles. The van der Waals surface area contributed by atoms with Crippen LogP contribution in [0.2, 0.25) is 0 Å². The number of nitrogens with one attached hydrogen (secondary N) is 1.